The molecule has 0 saturated heterocycles. The van der Waals surface area contributed by atoms with Crippen molar-refractivity contribution in [1.29, 1.82) is 0 Å². The summed E-state index contributed by atoms with van der Waals surface area (Å²) in [6, 6.07) is 14.6. The van der Waals surface area contributed by atoms with Gasteiger partial charge in [0.2, 0.25) is 10.0 Å². The highest BCUT2D eigenvalue weighted by Crippen LogP contribution is 2.18. The van der Waals surface area contributed by atoms with Crippen molar-refractivity contribution in [2.45, 2.75) is 11.4 Å². The third kappa shape index (κ3) is 4.79. The van der Waals surface area contributed by atoms with Gasteiger partial charge in [-0.15, -0.1) is 0 Å². The quantitative estimate of drug-likeness (QED) is 0.681. The fraction of sp³-hybridized carbons (Fsp3) is 0.111. The maximum Gasteiger partial charge on any atom is 0.266 e. The van der Waals surface area contributed by atoms with Gasteiger partial charge in [-0.3, -0.25) is 4.79 Å². The number of rotatable bonds is 6. The number of sulfonamides is 1. The second-order valence-electron chi connectivity index (χ2n) is 5.64. The van der Waals surface area contributed by atoms with Crippen LogP contribution in [0, 0.1) is 5.82 Å². The smallest absolute Gasteiger partial charge is 0.266 e. The van der Waals surface area contributed by atoms with Gasteiger partial charge in [-0.25, -0.2) is 22.2 Å². The van der Waals surface area contributed by atoms with E-state index in [0.29, 0.717) is 10.7 Å². The van der Waals surface area contributed by atoms with Crippen molar-refractivity contribution in [2.24, 2.45) is 0 Å². The first kappa shape index (κ1) is 19.2. The molecule has 0 amide bonds. The van der Waals surface area contributed by atoms with Crippen molar-refractivity contribution in [1.82, 2.24) is 14.5 Å². The molecule has 0 fully saturated rings. The van der Waals surface area contributed by atoms with E-state index in [2.05, 4.69) is 9.82 Å². The lowest BCUT2D eigenvalue weighted by molar-refractivity contribution is 0.547. The fourth-order valence-corrected chi connectivity index (χ4v) is 3.57. The summed E-state index contributed by atoms with van der Waals surface area (Å²) in [5.41, 5.74) is 0.963. The maximum absolute atomic E-state index is 13.2. The van der Waals surface area contributed by atoms with Crippen LogP contribution in [0.1, 0.15) is 0 Å². The number of hydrogen-bond donors (Lipinski definition) is 1. The highest BCUT2D eigenvalue weighted by Gasteiger charge is 2.14. The first-order valence-electron chi connectivity index (χ1n) is 7.94. The SMILES string of the molecule is O=c1ccc(-c2ccc(Cl)cc2)nn1CCNS(=O)(=O)c1cccc(F)c1. The van der Waals surface area contributed by atoms with Crippen LogP contribution in [0.25, 0.3) is 11.3 Å². The molecule has 140 valence electrons. The Morgan fingerprint density at radius 1 is 1.07 bits per heavy atom. The lowest BCUT2D eigenvalue weighted by Crippen LogP contribution is -2.32. The lowest BCUT2D eigenvalue weighted by Gasteiger charge is -2.09. The zero-order valence-corrected chi connectivity index (χ0v) is 15.5. The van der Waals surface area contributed by atoms with Crippen molar-refractivity contribution < 1.29 is 12.8 Å². The lowest BCUT2D eigenvalue weighted by atomic mass is 10.1. The van der Waals surface area contributed by atoms with E-state index in [-0.39, 0.29) is 23.5 Å². The number of nitrogens with zero attached hydrogens (tertiary/aromatic N) is 2. The van der Waals surface area contributed by atoms with Gasteiger partial charge in [0.1, 0.15) is 5.82 Å². The highest BCUT2D eigenvalue weighted by molar-refractivity contribution is 7.89. The Labute approximate surface area is 160 Å². The second kappa shape index (κ2) is 7.99. The molecule has 0 bridgehead atoms. The standard InChI is InChI=1S/C18H15ClFN3O3S/c19-14-6-4-13(5-7-14)17-8-9-18(24)23(22-17)11-10-21-27(25,26)16-3-1-2-15(20)12-16/h1-9,12,21H,10-11H2. The number of aromatic nitrogens is 2. The first-order valence-corrected chi connectivity index (χ1v) is 9.81. The molecule has 27 heavy (non-hydrogen) atoms. The number of hydrogen-bond acceptors (Lipinski definition) is 4. The van der Waals surface area contributed by atoms with Gasteiger partial charge in [0.25, 0.3) is 5.56 Å². The zero-order chi connectivity index (χ0) is 19.4. The molecule has 0 unspecified atom stereocenters. The molecule has 1 aromatic heterocycles. The molecule has 1 N–H and O–H groups in total. The molecular weight excluding hydrogens is 393 g/mol. The molecule has 0 aliphatic heterocycles. The summed E-state index contributed by atoms with van der Waals surface area (Å²) in [7, 11) is -3.88. The fourth-order valence-electron chi connectivity index (χ4n) is 2.39. The van der Waals surface area contributed by atoms with Crippen LogP contribution in [0.15, 0.2) is 70.4 Å². The van der Waals surface area contributed by atoms with Crippen LogP contribution in [-0.2, 0) is 16.6 Å². The predicted molar refractivity (Wildman–Crippen MR) is 101 cm³/mol. The van der Waals surface area contributed by atoms with Crippen LogP contribution >= 0.6 is 11.6 Å². The van der Waals surface area contributed by atoms with Crippen LogP contribution in [0.5, 0.6) is 0 Å². The van der Waals surface area contributed by atoms with E-state index in [1.165, 1.54) is 18.2 Å². The summed E-state index contributed by atoms with van der Waals surface area (Å²) in [4.78, 5) is 11.8. The monoisotopic (exact) mass is 407 g/mol. The van der Waals surface area contributed by atoms with Crippen molar-refractivity contribution >= 4 is 21.6 Å². The normalized spacial score (nSPS) is 11.5. The Kier molecular flexibility index (Phi) is 5.69. The summed E-state index contributed by atoms with van der Waals surface area (Å²) in [5, 5.41) is 4.83. The van der Waals surface area contributed by atoms with Gasteiger partial charge in [-0.1, -0.05) is 29.8 Å². The van der Waals surface area contributed by atoms with Crippen LogP contribution < -0.4 is 10.3 Å². The minimum Gasteiger partial charge on any atom is -0.268 e. The van der Waals surface area contributed by atoms with Gasteiger partial charge in [0.15, 0.2) is 0 Å². The number of nitrogens with one attached hydrogen (secondary N) is 1. The van der Waals surface area contributed by atoms with E-state index >= 15 is 0 Å². The van der Waals surface area contributed by atoms with Gasteiger partial charge >= 0.3 is 0 Å². The van der Waals surface area contributed by atoms with E-state index in [1.54, 1.807) is 30.3 Å². The Morgan fingerprint density at radius 2 is 1.81 bits per heavy atom. The van der Waals surface area contributed by atoms with Gasteiger partial charge in [0, 0.05) is 23.2 Å². The molecule has 0 aliphatic carbocycles. The molecule has 0 spiro atoms. The van der Waals surface area contributed by atoms with E-state index in [4.69, 9.17) is 11.6 Å². The highest BCUT2D eigenvalue weighted by atomic mass is 35.5. The molecule has 1 heterocycles. The van der Waals surface area contributed by atoms with Crippen molar-refractivity contribution in [3.05, 3.63) is 81.9 Å². The molecule has 9 heteroatoms. The van der Waals surface area contributed by atoms with Crippen molar-refractivity contribution in [2.75, 3.05) is 6.54 Å². The molecule has 0 radical (unpaired) electrons. The summed E-state index contributed by atoms with van der Waals surface area (Å²) >= 11 is 5.86. The molecule has 0 aliphatic rings. The third-order valence-electron chi connectivity index (χ3n) is 3.73. The van der Waals surface area contributed by atoms with Crippen molar-refractivity contribution in [3.8, 4) is 11.3 Å². The second-order valence-corrected chi connectivity index (χ2v) is 7.85. The van der Waals surface area contributed by atoms with Gasteiger partial charge in [-0.05, 0) is 36.4 Å². The molecule has 0 saturated carbocycles. The third-order valence-corrected chi connectivity index (χ3v) is 5.44. The zero-order valence-electron chi connectivity index (χ0n) is 14.0. The summed E-state index contributed by atoms with van der Waals surface area (Å²) < 4.78 is 41.1. The molecule has 6 nitrogen and oxygen atoms in total. The Morgan fingerprint density at radius 3 is 2.52 bits per heavy atom. The van der Waals surface area contributed by atoms with E-state index in [1.807, 2.05) is 0 Å². The summed E-state index contributed by atoms with van der Waals surface area (Å²) in [6.07, 6.45) is 0. The van der Waals surface area contributed by atoms with E-state index in [0.717, 1.165) is 22.4 Å². The minimum absolute atomic E-state index is 0.0226. The summed E-state index contributed by atoms with van der Waals surface area (Å²) in [5.74, 6) is -0.647. The topological polar surface area (TPSA) is 81.1 Å². The average Bonchev–Trinajstić information content (AvgIpc) is 2.64. The molecule has 2 aromatic carbocycles. The van der Waals surface area contributed by atoms with Gasteiger partial charge in [0.05, 0.1) is 17.1 Å². The minimum atomic E-state index is -3.88. The number of halogens is 2. The van der Waals surface area contributed by atoms with E-state index in [9.17, 15) is 17.6 Å². The number of benzene rings is 2. The molecule has 3 aromatic rings. The first-order chi connectivity index (χ1) is 12.8. The average molecular weight is 408 g/mol. The van der Waals surface area contributed by atoms with Crippen molar-refractivity contribution in [3.63, 3.8) is 0 Å². The molecule has 0 atom stereocenters. The predicted octanol–water partition coefficient (Wildman–Crippen LogP) is 2.68. The van der Waals surface area contributed by atoms with Crippen LogP contribution in [-0.4, -0.2) is 24.7 Å². The molecular formula is C18H15ClFN3O3S. The van der Waals surface area contributed by atoms with E-state index < -0.39 is 15.8 Å². The Bertz CT molecular complexity index is 1120. The Hall–Kier alpha value is -2.55. The van der Waals surface area contributed by atoms with Crippen LogP contribution in [0.4, 0.5) is 4.39 Å². The van der Waals surface area contributed by atoms with Gasteiger partial charge in [-0.2, -0.15) is 5.10 Å². The Balaban J connectivity index is 1.73. The maximum atomic E-state index is 13.2. The largest absolute Gasteiger partial charge is 0.268 e. The van der Waals surface area contributed by atoms with Crippen LogP contribution in [0.2, 0.25) is 5.02 Å². The van der Waals surface area contributed by atoms with Gasteiger partial charge < -0.3 is 0 Å². The summed E-state index contributed by atoms with van der Waals surface area (Å²) in [6.45, 7) is -0.0510. The van der Waals surface area contributed by atoms with Crippen LogP contribution in [0.3, 0.4) is 0 Å². The molecule has 3 rings (SSSR count).